The van der Waals surface area contributed by atoms with E-state index < -0.39 is 12.2 Å². The van der Waals surface area contributed by atoms with E-state index in [4.69, 9.17) is 37.9 Å². The molecule has 0 unspecified atom stereocenters. The molecule has 4 heterocycles. The number of benzene rings is 2. The van der Waals surface area contributed by atoms with Gasteiger partial charge in [0.15, 0.2) is 22.7 Å². The third-order valence-corrected chi connectivity index (χ3v) is 8.70. The van der Waals surface area contributed by atoms with E-state index in [-0.39, 0.29) is 43.0 Å². The molecule has 12 nitrogen and oxygen atoms in total. The first-order chi connectivity index (χ1) is 23.1. The summed E-state index contributed by atoms with van der Waals surface area (Å²) in [6.45, 7) is 6.94. The van der Waals surface area contributed by atoms with Crippen molar-refractivity contribution < 1.29 is 42.7 Å². The maximum Gasteiger partial charge on any atom is 0.288 e. The van der Waals surface area contributed by atoms with Gasteiger partial charge < -0.3 is 42.8 Å². The number of ether oxygens (including phenoxy) is 6. The fourth-order valence-electron chi connectivity index (χ4n) is 6.28. The van der Waals surface area contributed by atoms with Gasteiger partial charge in [-0.25, -0.2) is 0 Å². The van der Waals surface area contributed by atoms with E-state index >= 15 is 0 Å². The summed E-state index contributed by atoms with van der Waals surface area (Å²) < 4.78 is 40.3. The van der Waals surface area contributed by atoms with Gasteiger partial charge in [0.05, 0.1) is 38.1 Å². The molecule has 1 amide bonds. The summed E-state index contributed by atoms with van der Waals surface area (Å²) in [6, 6.07) is 13.1. The number of aliphatic hydroxyl groups excluding tert-OH is 1. The zero-order chi connectivity index (χ0) is 32.6. The zero-order valence-corrected chi connectivity index (χ0v) is 26.6. The molecule has 0 radical (unpaired) electrons. The molecular weight excluding hydrogens is 608 g/mol. The maximum absolute atomic E-state index is 13.9. The van der Waals surface area contributed by atoms with Crippen molar-refractivity contribution in [3.63, 3.8) is 0 Å². The molecule has 1 aromatic heterocycles. The van der Waals surface area contributed by atoms with Crippen molar-refractivity contribution in [1.82, 2.24) is 9.80 Å². The predicted octanol–water partition coefficient (Wildman–Crippen LogP) is 3.26. The molecule has 1 N–H and O–H groups in total. The molecule has 0 aliphatic carbocycles. The van der Waals surface area contributed by atoms with Crippen LogP contribution in [0.4, 0.5) is 0 Å². The van der Waals surface area contributed by atoms with Crippen LogP contribution in [0.25, 0.3) is 11.0 Å². The van der Waals surface area contributed by atoms with Crippen molar-refractivity contribution in [2.24, 2.45) is 5.92 Å². The largest absolute Gasteiger partial charge is 0.464 e. The first-order valence-electron chi connectivity index (χ1n) is 16.2. The van der Waals surface area contributed by atoms with Crippen LogP contribution in [0.15, 0.2) is 69.8 Å². The Hall–Kier alpha value is -3.94. The molecule has 3 aliphatic heterocycles. The molecule has 1 saturated heterocycles. The van der Waals surface area contributed by atoms with Gasteiger partial charge in [-0.05, 0) is 49.2 Å². The molecule has 0 saturated carbocycles. The SMILES string of the molecule is CCO[C@@H]1OC(C(=O)N2CCN(Cc3ccc4c(c3)OCO4)CC2)=C[C@H](c2coc3ccccc3c2=O)[C@H]1CCOCCOCCO. The number of hydrogen-bond acceptors (Lipinski definition) is 11. The van der Waals surface area contributed by atoms with E-state index in [1.165, 1.54) is 6.26 Å². The lowest BCUT2D eigenvalue weighted by Crippen LogP contribution is -2.50. The molecule has 3 atom stereocenters. The number of allylic oxidation sites excluding steroid dienone is 1. The Morgan fingerprint density at radius 1 is 0.979 bits per heavy atom. The second kappa shape index (κ2) is 15.8. The molecule has 12 heteroatoms. The van der Waals surface area contributed by atoms with Gasteiger partial charge in [-0.1, -0.05) is 18.2 Å². The fourth-order valence-corrected chi connectivity index (χ4v) is 6.28. The molecule has 3 aromatic rings. The van der Waals surface area contributed by atoms with Gasteiger partial charge in [-0.3, -0.25) is 14.5 Å². The highest BCUT2D eigenvalue weighted by Crippen LogP contribution is 2.39. The number of carbonyl (C=O) groups is 1. The minimum absolute atomic E-state index is 0.0459. The normalized spacial score (nSPS) is 21.1. The molecule has 47 heavy (non-hydrogen) atoms. The van der Waals surface area contributed by atoms with E-state index in [0.717, 1.165) is 23.6 Å². The standard InChI is InChI=1S/C35H42N2O10/c1-2-43-35-25(9-15-41-17-18-42-16-14-38)27(28-22-44-29-6-4-3-5-26(29)33(28)39)20-32(47-35)34(40)37-12-10-36(11-13-37)21-24-7-8-30-31(19-24)46-23-45-30/h3-8,19-20,22,25,27,35,38H,2,9-18,21,23H2,1H3/t25-,27+,35-/m1/s1. The van der Waals surface area contributed by atoms with Crippen LogP contribution in [0.1, 0.15) is 30.4 Å². The van der Waals surface area contributed by atoms with E-state index in [1.807, 2.05) is 31.2 Å². The topological polar surface area (TPSA) is 129 Å². The molecule has 2 aromatic carbocycles. The van der Waals surface area contributed by atoms with E-state index in [1.54, 1.807) is 29.2 Å². The molecule has 6 rings (SSSR count). The second-order valence-corrected chi connectivity index (χ2v) is 11.7. The summed E-state index contributed by atoms with van der Waals surface area (Å²) in [5.74, 6) is 0.611. The molecule has 1 fully saturated rings. The minimum atomic E-state index is -0.777. The third kappa shape index (κ3) is 7.79. The summed E-state index contributed by atoms with van der Waals surface area (Å²) in [7, 11) is 0. The van der Waals surface area contributed by atoms with Crippen LogP contribution in [-0.4, -0.2) is 99.7 Å². The Bertz CT molecular complexity index is 1600. The molecule has 0 spiro atoms. The first-order valence-corrected chi connectivity index (χ1v) is 16.2. The molecule has 3 aliphatic rings. The molecular formula is C35H42N2O10. The number of carbonyl (C=O) groups excluding carboxylic acids is 1. The zero-order valence-electron chi connectivity index (χ0n) is 26.6. The number of amides is 1. The Kier molecular flexibility index (Phi) is 11.1. The van der Waals surface area contributed by atoms with Crippen molar-refractivity contribution in [2.45, 2.75) is 32.1 Å². The smallest absolute Gasteiger partial charge is 0.288 e. The number of aliphatic hydroxyl groups is 1. The summed E-state index contributed by atoms with van der Waals surface area (Å²) in [5, 5.41) is 9.38. The fraction of sp³-hybridized carbons (Fsp3) is 0.486. The molecule has 252 valence electrons. The maximum atomic E-state index is 13.9. The van der Waals surface area contributed by atoms with Crippen molar-refractivity contribution in [2.75, 3.05) is 72.6 Å². The summed E-state index contributed by atoms with van der Waals surface area (Å²) in [4.78, 5) is 31.8. The van der Waals surface area contributed by atoms with Gasteiger partial charge in [0, 0.05) is 63.3 Å². The summed E-state index contributed by atoms with van der Waals surface area (Å²) >= 11 is 0. The van der Waals surface area contributed by atoms with Crippen LogP contribution in [0.5, 0.6) is 11.5 Å². The number of rotatable bonds is 14. The van der Waals surface area contributed by atoms with Gasteiger partial charge in [0.2, 0.25) is 13.1 Å². The average molecular weight is 651 g/mol. The van der Waals surface area contributed by atoms with E-state index in [9.17, 15) is 9.59 Å². The van der Waals surface area contributed by atoms with Gasteiger partial charge in [0.1, 0.15) is 5.58 Å². The van der Waals surface area contributed by atoms with E-state index in [0.29, 0.717) is 75.6 Å². The highest BCUT2D eigenvalue weighted by atomic mass is 16.7. The van der Waals surface area contributed by atoms with Gasteiger partial charge in [0.25, 0.3) is 5.91 Å². The second-order valence-electron chi connectivity index (χ2n) is 11.7. The number of para-hydroxylation sites is 1. The minimum Gasteiger partial charge on any atom is -0.464 e. The van der Waals surface area contributed by atoms with Crippen LogP contribution in [0, 0.1) is 5.92 Å². The summed E-state index contributed by atoms with van der Waals surface area (Å²) in [6.07, 6.45) is 2.97. The van der Waals surface area contributed by atoms with Crippen molar-refractivity contribution >= 4 is 16.9 Å². The van der Waals surface area contributed by atoms with Gasteiger partial charge in [-0.2, -0.15) is 0 Å². The number of nitrogens with zero attached hydrogens (tertiary/aromatic N) is 2. The van der Waals surface area contributed by atoms with Crippen LogP contribution in [0.2, 0.25) is 0 Å². The number of fused-ring (bicyclic) bond motifs is 2. The third-order valence-electron chi connectivity index (χ3n) is 8.70. The van der Waals surface area contributed by atoms with Gasteiger partial charge >= 0.3 is 0 Å². The number of hydrogen-bond donors (Lipinski definition) is 1. The van der Waals surface area contributed by atoms with Crippen LogP contribution < -0.4 is 14.9 Å². The van der Waals surface area contributed by atoms with Crippen molar-refractivity contribution in [3.05, 3.63) is 81.9 Å². The summed E-state index contributed by atoms with van der Waals surface area (Å²) in [5.41, 5.74) is 1.90. The Labute approximate surface area is 273 Å². The monoisotopic (exact) mass is 650 g/mol. The lowest BCUT2D eigenvalue weighted by Gasteiger charge is -2.39. The average Bonchev–Trinajstić information content (AvgIpc) is 3.57. The molecule has 0 bridgehead atoms. The lowest BCUT2D eigenvalue weighted by molar-refractivity contribution is -0.172. The van der Waals surface area contributed by atoms with Gasteiger partial charge in [-0.15, -0.1) is 0 Å². The van der Waals surface area contributed by atoms with Crippen molar-refractivity contribution in [1.29, 1.82) is 0 Å². The highest BCUT2D eigenvalue weighted by Gasteiger charge is 2.40. The Balaban J connectivity index is 1.18. The van der Waals surface area contributed by atoms with Crippen molar-refractivity contribution in [3.8, 4) is 11.5 Å². The lowest BCUT2D eigenvalue weighted by atomic mass is 9.81. The first kappa shape index (κ1) is 33.0. The van der Waals surface area contributed by atoms with Crippen LogP contribution >= 0.6 is 0 Å². The van der Waals surface area contributed by atoms with Crippen LogP contribution in [0.3, 0.4) is 0 Å². The predicted molar refractivity (Wildman–Crippen MR) is 171 cm³/mol. The van der Waals surface area contributed by atoms with E-state index in [2.05, 4.69) is 4.90 Å². The van der Waals surface area contributed by atoms with Crippen LogP contribution in [-0.2, 0) is 30.3 Å². The Morgan fingerprint density at radius 3 is 2.57 bits per heavy atom. The Morgan fingerprint density at radius 2 is 1.77 bits per heavy atom. The highest BCUT2D eigenvalue weighted by molar-refractivity contribution is 5.92. The number of piperazine rings is 1. The quantitative estimate of drug-likeness (QED) is 0.258.